The van der Waals surface area contributed by atoms with Crippen molar-refractivity contribution in [2.45, 2.75) is 45.6 Å². The smallest absolute Gasteiger partial charge is 0.0628 e. The zero-order chi connectivity index (χ0) is 12.3. The van der Waals surface area contributed by atoms with Gasteiger partial charge >= 0.3 is 0 Å². The van der Waals surface area contributed by atoms with Crippen molar-refractivity contribution in [1.29, 1.82) is 0 Å². The molecule has 2 heterocycles. The van der Waals surface area contributed by atoms with Gasteiger partial charge in [0.1, 0.15) is 0 Å². The van der Waals surface area contributed by atoms with Gasteiger partial charge in [-0.15, -0.1) is 0 Å². The van der Waals surface area contributed by atoms with Crippen molar-refractivity contribution in [3.63, 3.8) is 0 Å². The maximum atomic E-state index is 5.58. The third-order valence-corrected chi connectivity index (χ3v) is 3.64. The zero-order valence-electron chi connectivity index (χ0n) is 10.9. The van der Waals surface area contributed by atoms with E-state index in [2.05, 4.69) is 18.5 Å². The predicted octanol–water partition coefficient (Wildman–Crippen LogP) is 1.74. The summed E-state index contributed by atoms with van der Waals surface area (Å²) in [6, 6.07) is 0.522. The van der Waals surface area contributed by atoms with Crippen LogP contribution in [0.4, 0.5) is 0 Å². The Morgan fingerprint density at radius 3 is 2.71 bits per heavy atom. The fourth-order valence-electron chi connectivity index (χ4n) is 2.62. The monoisotopic (exact) mass is 237 g/mol. The quantitative estimate of drug-likeness (QED) is 0.868. The van der Waals surface area contributed by atoms with E-state index < -0.39 is 0 Å². The van der Waals surface area contributed by atoms with Crippen molar-refractivity contribution in [2.24, 2.45) is 5.73 Å². The van der Waals surface area contributed by atoms with E-state index in [1.807, 2.05) is 0 Å². The van der Waals surface area contributed by atoms with E-state index in [0.717, 1.165) is 45.4 Å². The Kier molecular flexibility index (Phi) is 4.18. The average molecular weight is 237 g/mol. The van der Waals surface area contributed by atoms with E-state index in [0.29, 0.717) is 6.04 Å². The van der Waals surface area contributed by atoms with Gasteiger partial charge in [0.05, 0.1) is 11.7 Å². The molecule has 0 unspecified atom stereocenters. The minimum absolute atomic E-state index is 0.522. The molecule has 2 N–H and O–H groups in total. The first-order chi connectivity index (χ1) is 8.24. The van der Waals surface area contributed by atoms with E-state index in [-0.39, 0.29) is 0 Å². The van der Waals surface area contributed by atoms with E-state index in [9.17, 15) is 0 Å². The lowest BCUT2D eigenvalue weighted by molar-refractivity contribution is 0.0656. The summed E-state index contributed by atoms with van der Waals surface area (Å²) in [4.78, 5) is 0. The van der Waals surface area contributed by atoms with Gasteiger partial charge < -0.3 is 10.5 Å². The fourth-order valence-corrected chi connectivity index (χ4v) is 2.62. The number of ether oxygens (including phenoxy) is 1. The second-order valence-corrected chi connectivity index (χ2v) is 4.83. The Labute approximate surface area is 103 Å². The topological polar surface area (TPSA) is 53.1 Å². The average Bonchev–Trinajstić information content (AvgIpc) is 2.64. The number of hydrogen-bond donors (Lipinski definition) is 1. The number of nitrogens with two attached hydrogens (primary N) is 1. The number of aromatic nitrogens is 2. The van der Waals surface area contributed by atoms with Crippen LogP contribution in [0.2, 0.25) is 0 Å². The number of aryl methyl sites for hydroxylation is 1. The molecule has 0 radical (unpaired) electrons. The third-order valence-electron chi connectivity index (χ3n) is 3.64. The Hall–Kier alpha value is -0.870. The van der Waals surface area contributed by atoms with Crippen molar-refractivity contribution >= 4 is 0 Å². The summed E-state index contributed by atoms with van der Waals surface area (Å²) in [5.74, 6) is 0. The molecule has 1 aliphatic heterocycles. The SMILES string of the molecule is Cc1nn(C2CCOCC2)c(C)c1CCCN. The Bertz CT molecular complexity index is 367. The van der Waals surface area contributed by atoms with Crippen molar-refractivity contribution in [1.82, 2.24) is 9.78 Å². The molecular formula is C13H23N3O. The molecule has 1 fully saturated rings. The molecule has 1 aromatic rings. The predicted molar refractivity (Wildman–Crippen MR) is 68.2 cm³/mol. The van der Waals surface area contributed by atoms with E-state index in [4.69, 9.17) is 15.6 Å². The molecule has 1 aliphatic rings. The standard InChI is InChI=1S/C13H23N3O/c1-10-13(4-3-7-14)11(2)16(15-10)12-5-8-17-9-6-12/h12H,3-9,14H2,1-2H3. The van der Waals surface area contributed by atoms with Gasteiger partial charge in [-0.3, -0.25) is 4.68 Å². The Morgan fingerprint density at radius 2 is 2.06 bits per heavy atom. The summed E-state index contributed by atoms with van der Waals surface area (Å²) >= 11 is 0. The van der Waals surface area contributed by atoms with Gasteiger partial charge in [-0.25, -0.2) is 0 Å². The van der Waals surface area contributed by atoms with Gasteiger partial charge in [0, 0.05) is 18.9 Å². The molecule has 1 aromatic heterocycles. The summed E-state index contributed by atoms with van der Waals surface area (Å²) in [7, 11) is 0. The highest BCUT2D eigenvalue weighted by molar-refractivity contribution is 5.25. The lowest BCUT2D eigenvalue weighted by Crippen LogP contribution is -2.21. The molecule has 0 aliphatic carbocycles. The largest absolute Gasteiger partial charge is 0.381 e. The van der Waals surface area contributed by atoms with Crippen molar-refractivity contribution in [3.8, 4) is 0 Å². The van der Waals surface area contributed by atoms with Crippen LogP contribution in [-0.4, -0.2) is 29.5 Å². The van der Waals surface area contributed by atoms with Crippen LogP contribution in [0.5, 0.6) is 0 Å². The highest BCUT2D eigenvalue weighted by Crippen LogP contribution is 2.25. The van der Waals surface area contributed by atoms with Crippen molar-refractivity contribution in [2.75, 3.05) is 19.8 Å². The first-order valence-electron chi connectivity index (χ1n) is 6.56. The van der Waals surface area contributed by atoms with Crippen LogP contribution in [-0.2, 0) is 11.2 Å². The molecule has 96 valence electrons. The molecule has 0 amide bonds. The molecule has 4 nitrogen and oxygen atoms in total. The summed E-state index contributed by atoms with van der Waals surface area (Å²) in [6.07, 6.45) is 4.26. The summed E-state index contributed by atoms with van der Waals surface area (Å²) < 4.78 is 7.62. The van der Waals surface area contributed by atoms with Gasteiger partial charge in [-0.1, -0.05) is 0 Å². The molecule has 17 heavy (non-hydrogen) atoms. The molecule has 1 saturated heterocycles. The minimum Gasteiger partial charge on any atom is -0.381 e. The van der Waals surface area contributed by atoms with Gasteiger partial charge in [-0.05, 0) is 51.6 Å². The normalized spacial score (nSPS) is 17.6. The summed E-state index contributed by atoms with van der Waals surface area (Å²) in [5.41, 5.74) is 9.46. The minimum atomic E-state index is 0.522. The Balaban J connectivity index is 2.17. The van der Waals surface area contributed by atoms with E-state index in [1.165, 1.54) is 17.0 Å². The van der Waals surface area contributed by atoms with Crippen LogP contribution in [0, 0.1) is 13.8 Å². The summed E-state index contributed by atoms with van der Waals surface area (Å²) in [5, 5.41) is 4.71. The van der Waals surface area contributed by atoms with E-state index >= 15 is 0 Å². The lowest BCUT2D eigenvalue weighted by atomic mass is 10.1. The molecule has 0 spiro atoms. The molecule has 0 atom stereocenters. The van der Waals surface area contributed by atoms with Crippen LogP contribution in [0.3, 0.4) is 0 Å². The molecule has 4 heteroatoms. The second kappa shape index (κ2) is 5.65. The van der Waals surface area contributed by atoms with Crippen LogP contribution in [0.1, 0.15) is 42.3 Å². The molecule has 0 saturated carbocycles. The third kappa shape index (κ3) is 2.69. The van der Waals surface area contributed by atoms with Crippen LogP contribution < -0.4 is 5.73 Å². The maximum absolute atomic E-state index is 5.58. The fraction of sp³-hybridized carbons (Fsp3) is 0.769. The van der Waals surface area contributed by atoms with Gasteiger partial charge in [-0.2, -0.15) is 5.10 Å². The van der Waals surface area contributed by atoms with Crippen LogP contribution >= 0.6 is 0 Å². The van der Waals surface area contributed by atoms with E-state index in [1.54, 1.807) is 0 Å². The number of hydrogen-bond acceptors (Lipinski definition) is 3. The molecule has 0 bridgehead atoms. The van der Waals surface area contributed by atoms with Crippen molar-refractivity contribution in [3.05, 3.63) is 17.0 Å². The Morgan fingerprint density at radius 1 is 1.35 bits per heavy atom. The second-order valence-electron chi connectivity index (χ2n) is 4.83. The highest BCUT2D eigenvalue weighted by Gasteiger charge is 2.20. The summed E-state index contributed by atoms with van der Waals surface area (Å²) in [6.45, 7) is 6.76. The molecule has 2 rings (SSSR count). The maximum Gasteiger partial charge on any atom is 0.0628 e. The zero-order valence-corrected chi connectivity index (χ0v) is 10.9. The number of rotatable bonds is 4. The van der Waals surface area contributed by atoms with Gasteiger partial charge in [0.25, 0.3) is 0 Å². The van der Waals surface area contributed by atoms with Gasteiger partial charge in [0.15, 0.2) is 0 Å². The number of nitrogens with zero attached hydrogens (tertiary/aromatic N) is 2. The van der Waals surface area contributed by atoms with Crippen molar-refractivity contribution < 1.29 is 4.74 Å². The van der Waals surface area contributed by atoms with Gasteiger partial charge in [0.2, 0.25) is 0 Å². The molecular weight excluding hydrogens is 214 g/mol. The molecule has 0 aromatic carbocycles. The first-order valence-corrected chi connectivity index (χ1v) is 6.56. The lowest BCUT2D eigenvalue weighted by Gasteiger charge is -2.23. The first kappa shape index (κ1) is 12.6. The highest BCUT2D eigenvalue weighted by atomic mass is 16.5. The van der Waals surface area contributed by atoms with Crippen LogP contribution in [0.25, 0.3) is 0 Å². The van der Waals surface area contributed by atoms with Crippen LogP contribution in [0.15, 0.2) is 0 Å².